The van der Waals surface area contributed by atoms with Crippen LogP contribution in [0, 0.1) is 11.8 Å². The van der Waals surface area contributed by atoms with E-state index in [9.17, 15) is 13.2 Å². The van der Waals surface area contributed by atoms with E-state index in [0.717, 1.165) is 5.69 Å². The summed E-state index contributed by atoms with van der Waals surface area (Å²) in [5.74, 6) is -0.898. The number of anilines is 1. The number of sulfone groups is 1. The van der Waals surface area contributed by atoms with Gasteiger partial charge in [-0.05, 0) is 36.6 Å². The monoisotopic (exact) mass is 313 g/mol. The van der Waals surface area contributed by atoms with Gasteiger partial charge >= 0.3 is 5.97 Å². The molecule has 0 aliphatic rings. The van der Waals surface area contributed by atoms with Gasteiger partial charge in [0.05, 0.1) is 16.6 Å². The predicted octanol–water partition coefficient (Wildman–Crippen LogP) is 2.64. The largest absolute Gasteiger partial charge is 0.481 e. The second-order valence-electron chi connectivity index (χ2n) is 5.47. The first-order valence-electron chi connectivity index (χ1n) is 7.05. The van der Waals surface area contributed by atoms with E-state index in [1.54, 1.807) is 31.2 Å². The lowest BCUT2D eigenvalue weighted by Crippen LogP contribution is -2.24. The highest BCUT2D eigenvalue weighted by atomic mass is 32.2. The van der Waals surface area contributed by atoms with Crippen molar-refractivity contribution >= 4 is 21.5 Å². The Bertz CT molecular complexity index is 564. The van der Waals surface area contributed by atoms with E-state index in [0.29, 0.717) is 18.9 Å². The minimum Gasteiger partial charge on any atom is -0.481 e. The Labute approximate surface area is 126 Å². The van der Waals surface area contributed by atoms with Crippen LogP contribution < -0.4 is 5.32 Å². The number of aliphatic carboxylic acids is 1. The first-order chi connectivity index (χ1) is 9.76. The number of benzene rings is 1. The van der Waals surface area contributed by atoms with Gasteiger partial charge in [-0.3, -0.25) is 4.79 Å². The Morgan fingerprint density at radius 3 is 2.24 bits per heavy atom. The van der Waals surface area contributed by atoms with Crippen molar-refractivity contribution in [1.29, 1.82) is 0 Å². The van der Waals surface area contributed by atoms with E-state index in [-0.39, 0.29) is 10.6 Å². The second kappa shape index (κ2) is 7.45. The van der Waals surface area contributed by atoms with Gasteiger partial charge in [-0.2, -0.15) is 0 Å². The highest BCUT2D eigenvalue weighted by Gasteiger charge is 2.18. The van der Waals surface area contributed by atoms with Gasteiger partial charge in [0.2, 0.25) is 0 Å². The number of carbonyl (C=O) groups is 1. The molecular formula is C15H23NO4S. The zero-order valence-electron chi connectivity index (χ0n) is 12.7. The van der Waals surface area contributed by atoms with Gasteiger partial charge in [0.25, 0.3) is 0 Å². The molecule has 1 aromatic rings. The molecule has 0 saturated carbocycles. The summed E-state index contributed by atoms with van der Waals surface area (Å²) >= 11 is 0. The van der Waals surface area contributed by atoms with Crippen LogP contribution in [0.4, 0.5) is 5.69 Å². The highest BCUT2D eigenvalue weighted by Crippen LogP contribution is 2.17. The number of hydrogen-bond donors (Lipinski definition) is 2. The molecular weight excluding hydrogens is 290 g/mol. The molecule has 2 N–H and O–H groups in total. The molecule has 1 rings (SSSR count). The fourth-order valence-electron chi connectivity index (χ4n) is 2.03. The van der Waals surface area contributed by atoms with Gasteiger partial charge < -0.3 is 10.4 Å². The van der Waals surface area contributed by atoms with Crippen LogP contribution in [-0.4, -0.2) is 31.8 Å². The van der Waals surface area contributed by atoms with Crippen molar-refractivity contribution in [3.8, 4) is 0 Å². The fourth-order valence-corrected chi connectivity index (χ4v) is 2.91. The Hall–Kier alpha value is -1.56. The van der Waals surface area contributed by atoms with Gasteiger partial charge in [-0.1, -0.05) is 20.8 Å². The lowest BCUT2D eigenvalue weighted by molar-refractivity contribution is -0.141. The Morgan fingerprint density at radius 2 is 1.81 bits per heavy atom. The maximum absolute atomic E-state index is 11.7. The van der Waals surface area contributed by atoms with Crippen LogP contribution in [0.5, 0.6) is 0 Å². The standard InChI is InChI=1S/C15H23NO4S/c1-4-21(19,20)14-7-5-13(6-8-14)16-10-12(15(17)18)9-11(2)3/h5-8,11-12,16H,4,9-10H2,1-3H3,(H,17,18). The molecule has 1 atom stereocenters. The van der Waals surface area contributed by atoms with Gasteiger partial charge in [-0.25, -0.2) is 8.42 Å². The van der Waals surface area contributed by atoms with Crippen molar-refractivity contribution in [3.05, 3.63) is 24.3 Å². The quantitative estimate of drug-likeness (QED) is 0.771. The van der Waals surface area contributed by atoms with Gasteiger partial charge in [-0.15, -0.1) is 0 Å². The zero-order valence-corrected chi connectivity index (χ0v) is 13.5. The topological polar surface area (TPSA) is 83.5 Å². The van der Waals surface area contributed by atoms with E-state index < -0.39 is 21.7 Å². The van der Waals surface area contributed by atoms with E-state index in [1.807, 2.05) is 13.8 Å². The summed E-state index contributed by atoms with van der Waals surface area (Å²) in [5.41, 5.74) is 0.722. The molecule has 0 fully saturated rings. The molecule has 0 heterocycles. The van der Waals surface area contributed by atoms with Crippen LogP contribution in [0.2, 0.25) is 0 Å². The van der Waals surface area contributed by atoms with Crippen molar-refractivity contribution in [3.63, 3.8) is 0 Å². The van der Waals surface area contributed by atoms with Crippen molar-refractivity contribution in [2.75, 3.05) is 17.6 Å². The molecule has 118 valence electrons. The van der Waals surface area contributed by atoms with Crippen molar-refractivity contribution < 1.29 is 18.3 Å². The lowest BCUT2D eigenvalue weighted by atomic mass is 9.97. The fraction of sp³-hybridized carbons (Fsp3) is 0.533. The first-order valence-corrected chi connectivity index (χ1v) is 8.71. The number of hydrogen-bond acceptors (Lipinski definition) is 4. The molecule has 21 heavy (non-hydrogen) atoms. The summed E-state index contributed by atoms with van der Waals surface area (Å²) in [5, 5.41) is 12.2. The van der Waals surface area contributed by atoms with Crippen LogP contribution in [-0.2, 0) is 14.6 Å². The summed E-state index contributed by atoms with van der Waals surface area (Å²) in [4.78, 5) is 11.4. The van der Waals surface area contributed by atoms with Crippen molar-refractivity contribution in [2.24, 2.45) is 11.8 Å². The minimum absolute atomic E-state index is 0.0647. The summed E-state index contributed by atoms with van der Waals surface area (Å²) < 4.78 is 23.4. The molecule has 0 aliphatic heterocycles. The molecule has 0 saturated heterocycles. The molecule has 5 nitrogen and oxygen atoms in total. The molecule has 6 heteroatoms. The Kier molecular flexibility index (Phi) is 6.20. The summed E-state index contributed by atoms with van der Waals surface area (Å²) in [7, 11) is -3.20. The third kappa shape index (κ3) is 5.38. The highest BCUT2D eigenvalue weighted by molar-refractivity contribution is 7.91. The van der Waals surface area contributed by atoms with Gasteiger partial charge in [0.15, 0.2) is 9.84 Å². The van der Waals surface area contributed by atoms with Gasteiger partial charge in [0.1, 0.15) is 0 Å². The van der Waals surface area contributed by atoms with Crippen LogP contribution in [0.15, 0.2) is 29.2 Å². The normalized spacial score (nSPS) is 13.1. The van der Waals surface area contributed by atoms with Gasteiger partial charge in [0, 0.05) is 12.2 Å². The number of carboxylic acid groups (broad SMARTS) is 1. The first kappa shape index (κ1) is 17.5. The maximum atomic E-state index is 11.7. The van der Waals surface area contributed by atoms with Crippen molar-refractivity contribution in [1.82, 2.24) is 0 Å². The summed E-state index contributed by atoms with van der Waals surface area (Å²) in [6.45, 7) is 5.90. The van der Waals surface area contributed by atoms with E-state index in [1.165, 1.54) is 0 Å². The number of carboxylic acids is 1. The third-order valence-electron chi connectivity index (χ3n) is 3.25. The van der Waals surface area contributed by atoms with E-state index in [4.69, 9.17) is 5.11 Å². The van der Waals surface area contributed by atoms with Crippen LogP contribution in [0.3, 0.4) is 0 Å². The Balaban J connectivity index is 2.70. The SMILES string of the molecule is CCS(=O)(=O)c1ccc(NCC(CC(C)C)C(=O)O)cc1. The number of nitrogens with one attached hydrogen (secondary N) is 1. The number of rotatable bonds is 8. The third-order valence-corrected chi connectivity index (χ3v) is 5.00. The van der Waals surface area contributed by atoms with Crippen LogP contribution >= 0.6 is 0 Å². The molecule has 0 amide bonds. The van der Waals surface area contributed by atoms with E-state index in [2.05, 4.69) is 5.32 Å². The zero-order chi connectivity index (χ0) is 16.0. The molecule has 1 aromatic carbocycles. The molecule has 0 radical (unpaired) electrons. The molecule has 1 unspecified atom stereocenters. The van der Waals surface area contributed by atoms with E-state index >= 15 is 0 Å². The average Bonchev–Trinajstić information content (AvgIpc) is 2.43. The lowest BCUT2D eigenvalue weighted by Gasteiger charge is -2.16. The minimum atomic E-state index is -3.20. The second-order valence-corrected chi connectivity index (χ2v) is 7.75. The smallest absolute Gasteiger partial charge is 0.308 e. The van der Waals surface area contributed by atoms with Crippen LogP contribution in [0.1, 0.15) is 27.2 Å². The predicted molar refractivity (Wildman–Crippen MR) is 83.2 cm³/mol. The molecule has 0 aromatic heterocycles. The average molecular weight is 313 g/mol. The van der Waals surface area contributed by atoms with Crippen LogP contribution in [0.25, 0.3) is 0 Å². The Morgan fingerprint density at radius 1 is 1.24 bits per heavy atom. The van der Waals surface area contributed by atoms with Crippen molar-refractivity contribution in [2.45, 2.75) is 32.1 Å². The molecule has 0 spiro atoms. The maximum Gasteiger partial charge on any atom is 0.308 e. The molecule has 0 bridgehead atoms. The molecule has 0 aliphatic carbocycles. The summed E-state index contributed by atoms with van der Waals surface area (Å²) in [6, 6.07) is 6.41. The summed E-state index contributed by atoms with van der Waals surface area (Å²) in [6.07, 6.45) is 0.602.